The third-order valence-electron chi connectivity index (χ3n) is 4.40. The van der Waals surface area contributed by atoms with Crippen LogP contribution >= 0.6 is 0 Å². The van der Waals surface area contributed by atoms with Gasteiger partial charge in [-0.15, -0.1) is 0 Å². The Kier molecular flexibility index (Phi) is 5.23. The smallest absolute Gasteiger partial charge is 0.251 e. The molecule has 1 unspecified atom stereocenters. The number of hydrogen-bond donors (Lipinski definition) is 2. The van der Waals surface area contributed by atoms with Gasteiger partial charge in [0.15, 0.2) is 0 Å². The quantitative estimate of drug-likeness (QED) is 0.847. The van der Waals surface area contributed by atoms with Gasteiger partial charge in [-0.05, 0) is 55.7 Å². The van der Waals surface area contributed by atoms with Crippen LogP contribution in [0.25, 0.3) is 0 Å². The van der Waals surface area contributed by atoms with Crippen LogP contribution in [0.1, 0.15) is 50.5 Å². The summed E-state index contributed by atoms with van der Waals surface area (Å²) in [5, 5.41) is 13.0. The molecular weight excluding hydrogens is 266 g/mol. The number of methoxy groups -OCH3 is 1. The molecule has 1 saturated carbocycles. The summed E-state index contributed by atoms with van der Waals surface area (Å²) in [4.78, 5) is 12.0. The number of carbonyl (C=O) groups excluding carboxylic acids is 1. The van der Waals surface area contributed by atoms with Gasteiger partial charge in [0.05, 0.1) is 7.11 Å². The van der Waals surface area contributed by atoms with Crippen LogP contribution in [0, 0.1) is 0 Å². The Morgan fingerprint density at radius 3 is 2.52 bits per heavy atom. The molecule has 0 saturated heterocycles. The fourth-order valence-corrected chi connectivity index (χ4v) is 2.85. The van der Waals surface area contributed by atoms with Gasteiger partial charge in [0.25, 0.3) is 5.91 Å². The van der Waals surface area contributed by atoms with E-state index < -0.39 is 5.60 Å². The lowest BCUT2D eigenvalue weighted by atomic mass is 9.97. The predicted octanol–water partition coefficient (Wildman–Crippen LogP) is 2.61. The topological polar surface area (TPSA) is 58.6 Å². The van der Waals surface area contributed by atoms with E-state index in [9.17, 15) is 9.90 Å². The summed E-state index contributed by atoms with van der Waals surface area (Å²) in [6, 6.07) is 8.00. The summed E-state index contributed by atoms with van der Waals surface area (Å²) in [6.07, 6.45) is 3.91. The maximum atomic E-state index is 12.0. The van der Waals surface area contributed by atoms with Gasteiger partial charge in [-0.2, -0.15) is 0 Å². The number of hydrogen-bond acceptors (Lipinski definition) is 3. The number of aliphatic hydroxyl groups is 1. The fourth-order valence-electron chi connectivity index (χ4n) is 2.85. The average molecular weight is 291 g/mol. The van der Waals surface area contributed by atoms with E-state index in [4.69, 9.17) is 4.74 Å². The second-order valence-electron chi connectivity index (χ2n) is 5.96. The van der Waals surface area contributed by atoms with Gasteiger partial charge < -0.3 is 15.2 Å². The van der Waals surface area contributed by atoms with Crippen molar-refractivity contribution in [1.82, 2.24) is 5.32 Å². The highest BCUT2D eigenvalue weighted by molar-refractivity contribution is 5.85. The Labute approximate surface area is 126 Å². The van der Waals surface area contributed by atoms with Crippen LogP contribution in [0.3, 0.4) is 0 Å². The molecular formula is C17H25NO3. The van der Waals surface area contributed by atoms with Gasteiger partial charge in [-0.1, -0.05) is 19.1 Å². The normalized spacial score (nSPS) is 18.2. The Morgan fingerprint density at radius 1 is 1.33 bits per heavy atom. The number of rotatable bonds is 6. The van der Waals surface area contributed by atoms with E-state index in [-0.39, 0.29) is 5.91 Å². The Morgan fingerprint density at radius 2 is 1.95 bits per heavy atom. The number of nitrogens with one attached hydrogen (secondary N) is 1. The van der Waals surface area contributed by atoms with Gasteiger partial charge in [0, 0.05) is 6.54 Å². The van der Waals surface area contributed by atoms with Crippen molar-refractivity contribution in [3.8, 4) is 5.75 Å². The second kappa shape index (κ2) is 6.94. The molecule has 0 bridgehead atoms. The molecule has 1 aromatic carbocycles. The molecule has 2 rings (SSSR count). The van der Waals surface area contributed by atoms with Crippen LogP contribution in [-0.4, -0.2) is 30.3 Å². The van der Waals surface area contributed by atoms with Crippen LogP contribution < -0.4 is 10.1 Å². The van der Waals surface area contributed by atoms with Crippen LogP contribution in [0.5, 0.6) is 5.75 Å². The van der Waals surface area contributed by atoms with Crippen LogP contribution in [0.4, 0.5) is 0 Å². The minimum Gasteiger partial charge on any atom is -0.497 e. The van der Waals surface area contributed by atoms with Crippen molar-refractivity contribution in [2.24, 2.45) is 0 Å². The van der Waals surface area contributed by atoms with Crippen LogP contribution in [0.2, 0.25) is 0 Å². The van der Waals surface area contributed by atoms with Crippen molar-refractivity contribution in [3.63, 3.8) is 0 Å². The average Bonchev–Trinajstić information content (AvgIpc) is 2.95. The number of benzene rings is 1. The molecule has 0 radical (unpaired) electrons. The molecule has 116 valence electrons. The highest BCUT2D eigenvalue weighted by Crippen LogP contribution is 2.29. The third-order valence-corrected chi connectivity index (χ3v) is 4.40. The standard InChI is InChI=1S/C17H25NO3/c1-13(14-5-7-15(21-2)8-6-14)9-12-18-16(19)17(20)10-3-4-11-17/h5-8,13,20H,3-4,9-12H2,1-2H3,(H,18,19). The summed E-state index contributed by atoms with van der Waals surface area (Å²) in [7, 11) is 1.65. The zero-order valence-electron chi connectivity index (χ0n) is 12.9. The molecule has 0 aliphatic heterocycles. The molecule has 2 N–H and O–H groups in total. The molecule has 4 heteroatoms. The van der Waals surface area contributed by atoms with Gasteiger partial charge >= 0.3 is 0 Å². The fraction of sp³-hybridized carbons (Fsp3) is 0.588. The van der Waals surface area contributed by atoms with Gasteiger partial charge in [0.1, 0.15) is 11.4 Å². The number of carbonyl (C=O) groups is 1. The van der Waals surface area contributed by atoms with E-state index in [1.165, 1.54) is 5.56 Å². The second-order valence-corrected chi connectivity index (χ2v) is 5.96. The molecule has 0 heterocycles. The molecule has 21 heavy (non-hydrogen) atoms. The maximum Gasteiger partial charge on any atom is 0.251 e. The highest BCUT2D eigenvalue weighted by atomic mass is 16.5. The van der Waals surface area contributed by atoms with Crippen molar-refractivity contribution >= 4 is 5.91 Å². The molecule has 1 atom stereocenters. The summed E-state index contributed by atoms with van der Waals surface area (Å²) in [5.74, 6) is 0.999. The molecule has 1 aromatic rings. The van der Waals surface area contributed by atoms with E-state index in [1.54, 1.807) is 7.11 Å². The first-order valence-electron chi connectivity index (χ1n) is 7.70. The SMILES string of the molecule is COc1ccc(C(C)CCNC(=O)C2(O)CCCC2)cc1. The molecule has 1 aliphatic carbocycles. The van der Waals surface area contributed by atoms with E-state index in [1.807, 2.05) is 12.1 Å². The van der Waals surface area contributed by atoms with Gasteiger partial charge in [-0.3, -0.25) is 4.79 Å². The van der Waals surface area contributed by atoms with Crippen LogP contribution in [0.15, 0.2) is 24.3 Å². The van der Waals surface area contributed by atoms with Crippen molar-refractivity contribution < 1.29 is 14.6 Å². The van der Waals surface area contributed by atoms with E-state index in [0.717, 1.165) is 25.0 Å². The summed E-state index contributed by atoms with van der Waals surface area (Å²) < 4.78 is 5.14. The first-order chi connectivity index (χ1) is 10.0. The molecule has 1 aliphatic rings. The van der Waals surface area contributed by atoms with Crippen LogP contribution in [-0.2, 0) is 4.79 Å². The largest absolute Gasteiger partial charge is 0.497 e. The molecule has 1 amide bonds. The molecule has 0 aromatic heterocycles. The Hall–Kier alpha value is -1.55. The first-order valence-corrected chi connectivity index (χ1v) is 7.70. The summed E-state index contributed by atoms with van der Waals surface area (Å²) >= 11 is 0. The molecule has 0 spiro atoms. The minimum absolute atomic E-state index is 0.207. The molecule has 4 nitrogen and oxygen atoms in total. The van der Waals surface area contributed by atoms with Crippen molar-refractivity contribution in [1.29, 1.82) is 0 Å². The Bertz CT molecular complexity index is 463. The van der Waals surface area contributed by atoms with Crippen molar-refractivity contribution in [2.45, 2.75) is 50.5 Å². The minimum atomic E-state index is -1.12. The zero-order valence-corrected chi connectivity index (χ0v) is 12.9. The lowest BCUT2D eigenvalue weighted by Gasteiger charge is -2.21. The van der Waals surface area contributed by atoms with Crippen molar-refractivity contribution in [2.75, 3.05) is 13.7 Å². The van der Waals surface area contributed by atoms with E-state index in [0.29, 0.717) is 25.3 Å². The zero-order chi connectivity index (χ0) is 15.3. The lowest BCUT2D eigenvalue weighted by molar-refractivity contribution is -0.139. The third kappa shape index (κ3) is 3.97. The highest BCUT2D eigenvalue weighted by Gasteiger charge is 2.38. The van der Waals surface area contributed by atoms with E-state index in [2.05, 4.69) is 24.4 Å². The summed E-state index contributed by atoms with van der Waals surface area (Å²) in [5.41, 5.74) is 0.105. The van der Waals surface area contributed by atoms with Gasteiger partial charge in [0.2, 0.25) is 0 Å². The molecule has 1 fully saturated rings. The van der Waals surface area contributed by atoms with Crippen molar-refractivity contribution in [3.05, 3.63) is 29.8 Å². The summed E-state index contributed by atoms with van der Waals surface area (Å²) in [6.45, 7) is 2.73. The van der Waals surface area contributed by atoms with Gasteiger partial charge in [-0.25, -0.2) is 0 Å². The number of ether oxygens (including phenoxy) is 1. The lowest BCUT2D eigenvalue weighted by Crippen LogP contribution is -2.45. The number of amides is 1. The maximum absolute atomic E-state index is 12.0. The Balaban J connectivity index is 1.78. The monoisotopic (exact) mass is 291 g/mol. The first kappa shape index (κ1) is 15.8. The van der Waals surface area contributed by atoms with E-state index >= 15 is 0 Å². The predicted molar refractivity (Wildman–Crippen MR) is 82.5 cm³/mol.